The van der Waals surface area contributed by atoms with E-state index in [1.165, 1.54) is 22.4 Å². The second-order valence-corrected chi connectivity index (χ2v) is 6.79. The predicted molar refractivity (Wildman–Crippen MR) is 112 cm³/mol. The van der Waals surface area contributed by atoms with Crippen molar-refractivity contribution in [3.8, 4) is 22.8 Å². The molecule has 0 N–H and O–H groups in total. The molecule has 0 aliphatic heterocycles. The summed E-state index contributed by atoms with van der Waals surface area (Å²) in [5.41, 5.74) is 4.92. The molecule has 2 heterocycles. The molecule has 0 radical (unpaired) electrons. The number of aromatic nitrogens is 2. The van der Waals surface area contributed by atoms with Crippen LogP contribution in [-0.2, 0) is 13.1 Å². The second kappa shape index (κ2) is 8.09. The fourth-order valence-corrected chi connectivity index (χ4v) is 3.37. The molecule has 142 valence electrons. The number of methoxy groups -OCH3 is 2. The summed E-state index contributed by atoms with van der Waals surface area (Å²) in [5, 5.41) is 0. The molecule has 4 aromatic rings. The van der Waals surface area contributed by atoms with E-state index in [0.717, 1.165) is 24.6 Å². The Morgan fingerprint density at radius 1 is 0.679 bits per heavy atom. The Morgan fingerprint density at radius 3 is 1.89 bits per heavy atom. The smallest absolute Gasteiger partial charge is 0.118 e. The highest BCUT2D eigenvalue weighted by atomic mass is 16.5. The van der Waals surface area contributed by atoms with E-state index in [9.17, 15) is 0 Å². The lowest BCUT2D eigenvalue weighted by atomic mass is 10.2. The molecule has 4 nitrogen and oxygen atoms in total. The van der Waals surface area contributed by atoms with E-state index in [4.69, 9.17) is 9.47 Å². The quantitative estimate of drug-likeness (QED) is 0.453. The second-order valence-electron chi connectivity index (χ2n) is 6.79. The summed E-state index contributed by atoms with van der Waals surface area (Å²) in [4.78, 5) is 0. The van der Waals surface area contributed by atoms with E-state index in [2.05, 4.69) is 70.2 Å². The summed E-state index contributed by atoms with van der Waals surface area (Å²) in [5.74, 6) is 1.76. The van der Waals surface area contributed by atoms with Crippen LogP contribution in [0.2, 0.25) is 0 Å². The standard InChI is InChI=1S/C24H24N2O2/c1-27-22-9-5-19(6-10-22)16-25-15-13-21(18-25)24-4-3-14-26(24)17-20-7-11-23(28-2)12-8-20/h3-15,18H,16-17H2,1-2H3. The van der Waals surface area contributed by atoms with Crippen LogP contribution in [0.3, 0.4) is 0 Å². The van der Waals surface area contributed by atoms with Crippen LogP contribution in [0.1, 0.15) is 11.1 Å². The average molecular weight is 372 g/mol. The van der Waals surface area contributed by atoms with Gasteiger partial charge in [-0.15, -0.1) is 0 Å². The minimum absolute atomic E-state index is 0.829. The maximum atomic E-state index is 5.25. The number of hydrogen-bond acceptors (Lipinski definition) is 2. The highest BCUT2D eigenvalue weighted by molar-refractivity contribution is 5.59. The molecule has 0 atom stereocenters. The molecule has 2 aromatic heterocycles. The van der Waals surface area contributed by atoms with Gasteiger partial charge < -0.3 is 18.6 Å². The van der Waals surface area contributed by atoms with Crippen molar-refractivity contribution in [3.63, 3.8) is 0 Å². The lowest BCUT2D eigenvalue weighted by molar-refractivity contribution is 0.414. The number of rotatable bonds is 7. The summed E-state index contributed by atoms with van der Waals surface area (Å²) >= 11 is 0. The zero-order chi connectivity index (χ0) is 19.3. The summed E-state index contributed by atoms with van der Waals surface area (Å²) in [6, 6.07) is 22.9. The van der Waals surface area contributed by atoms with Crippen molar-refractivity contribution >= 4 is 0 Å². The fourth-order valence-electron chi connectivity index (χ4n) is 3.37. The average Bonchev–Trinajstić information content (AvgIpc) is 3.38. The normalized spacial score (nSPS) is 10.8. The summed E-state index contributed by atoms with van der Waals surface area (Å²) < 4.78 is 15.0. The van der Waals surface area contributed by atoms with Gasteiger partial charge in [0.2, 0.25) is 0 Å². The number of hydrogen-bond donors (Lipinski definition) is 0. The molecule has 0 amide bonds. The van der Waals surface area contributed by atoms with Crippen molar-refractivity contribution in [1.29, 1.82) is 0 Å². The molecule has 0 saturated heterocycles. The van der Waals surface area contributed by atoms with Gasteiger partial charge in [0.05, 0.1) is 14.2 Å². The summed E-state index contributed by atoms with van der Waals surface area (Å²) in [7, 11) is 3.38. The molecule has 28 heavy (non-hydrogen) atoms. The van der Waals surface area contributed by atoms with Crippen LogP contribution in [0, 0.1) is 0 Å². The molecule has 0 fully saturated rings. The van der Waals surface area contributed by atoms with E-state index in [1.54, 1.807) is 14.2 Å². The lowest BCUT2D eigenvalue weighted by Gasteiger charge is -2.09. The van der Waals surface area contributed by atoms with Crippen molar-refractivity contribution in [3.05, 3.63) is 96.4 Å². The van der Waals surface area contributed by atoms with Gasteiger partial charge >= 0.3 is 0 Å². The first-order valence-corrected chi connectivity index (χ1v) is 9.32. The largest absolute Gasteiger partial charge is 0.497 e. The molecule has 4 heteroatoms. The van der Waals surface area contributed by atoms with Gasteiger partial charge in [-0.05, 0) is 53.6 Å². The Balaban J connectivity index is 1.50. The van der Waals surface area contributed by atoms with Crippen LogP contribution < -0.4 is 9.47 Å². The van der Waals surface area contributed by atoms with Crippen LogP contribution in [0.5, 0.6) is 11.5 Å². The molecular formula is C24H24N2O2. The van der Waals surface area contributed by atoms with E-state index in [-0.39, 0.29) is 0 Å². The SMILES string of the molecule is COc1ccc(Cn2ccc(-c3cccn3Cc3ccc(OC)cc3)c2)cc1. The van der Waals surface area contributed by atoms with Gasteiger partial charge in [-0.1, -0.05) is 24.3 Å². The molecule has 0 aliphatic rings. The van der Waals surface area contributed by atoms with Crippen molar-refractivity contribution in [2.45, 2.75) is 13.1 Å². The topological polar surface area (TPSA) is 28.3 Å². The highest BCUT2D eigenvalue weighted by Crippen LogP contribution is 2.23. The van der Waals surface area contributed by atoms with Gasteiger partial charge in [-0.25, -0.2) is 0 Å². The minimum atomic E-state index is 0.829. The lowest BCUT2D eigenvalue weighted by Crippen LogP contribution is -2.00. The maximum Gasteiger partial charge on any atom is 0.118 e. The summed E-state index contributed by atoms with van der Waals surface area (Å²) in [6.45, 7) is 1.67. The van der Waals surface area contributed by atoms with Crippen LogP contribution in [0.4, 0.5) is 0 Å². The zero-order valence-corrected chi connectivity index (χ0v) is 16.2. The molecule has 0 saturated carbocycles. The summed E-state index contributed by atoms with van der Waals surface area (Å²) in [6.07, 6.45) is 6.45. The van der Waals surface area contributed by atoms with E-state index >= 15 is 0 Å². The minimum Gasteiger partial charge on any atom is -0.497 e. The van der Waals surface area contributed by atoms with Crippen molar-refractivity contribution < 1.29 is 9.47 Å². The van der Waals surface area contributed by atoms with Crippen LogP contribution in [0.15, 0.2) is 85.3 Å². The van der Waals surface area contributed by atoms with Crippen molar-refractivity contribution in [1.82, 2.24) is 9.13 Å². The molecular weight excluding hydrogens is 348 g/mol. The molecule has 0 aliphatic carbocycles. The Labute approximate surface area is 165 Å². The Morgan fingerprint density at radius 2 is 1.29 bits per heavy atom. The van der Waals surface area contributed by atoms with Gasteiger partial charge in [0.25, 0.3) is 0 Å². The fraction of sp³-hybridized carbons (Fsp3) is 0.167. The third-order valence-corrected chi connectivity index (χ3v) is 4.91. The number of nitrogens with zero attached hydrogens (tertiary/aromatic N) is 2. The van der Waals surface area contributed by atoms with Crippen LogP contribution in [-0.4, -0.2) is 23.4 Å². The highest BCUT2D eigenvalue weighted by Gasteiger charge is 2.07. The first kappa shape index (κ1) is 18.0. The van der Waals surface area contributed by atoms with Crippen molar-refractivity contribution in [2.75, 3.05) is 14.2 Å². The predicted octanol–water partition coefficient (Wildman–Crippen LogP) is 5.07. The van der Waals surface area contributed by atoms with Crippen LogP contribution >= 0.6 is 0 Å². The molecule has 2 aromatic carbocycles. The molecule has 0 spiro atoms. The zero-order valence-electron chi connectivity index (χ0n) is 16.2. The third-order valence-electron chi connectivity index (χ3n) is 4.91. The maximum absolute atomic E-state index is 5.25. The van der Waals surface area contributed by atoms with Gasteiger partial charge in [-0.2, -0.15) is 0 Å². The van der Waals surface area contributed by atoms with E-state index in [0.29, 0.717) is 0 Å². The molecule has 0 unspecified atom stereocenters. The Bertz CT molecular complexity index is 1030. The van der Waals surface area contributed by atoms with Gasteiger partial charge in [0, 0.05) is 42.9 Å². The number of benzene rings is 2. The van der Waals surface area contributed by atoms with E-state index < -0.39 is 0 Å². The van der Waals surface area contributed by atoms with Crippen LogP contribution in [0.25, 0.3) is 11.3 Å². The Kier molecular flexibility index (Phi) is 5.20. The monoisotopic (exact) mass is 372 g/mol. The van der Waals surface area contributed by atoms with Gasteiger partial charge in [-0.3, -0.25) is 0 Å². The Hall–Kier alpha value is -3.40. The van der Waals surface area contributed by atoms with Gasteiger partial charge in [0.1, 0.15) is 11.5 Å². The first-order valence-electron chi connectivity index (χ1n) is 9.32. The molecule has 4 rings (SSSR count). The van der Waals surface area contributed by atoms with Gasteiger partial charge in [0.15, 0.2) is 0 Å². The molecule has 0 bridgehead atoms. The van der Waals surface area contributed by atoms with E-state index in [1.807, 2.05) is 24.3 Å². The third kappa shape index (κ3) is 3.96. The van der Waals surface area contributed by atoms with Crippen molar-refractivity contribution in [2.24, 2.45) is 0 Å². The first-order chi connectivity index (χ1) is 13.7. The number of ether oxygens (including phenoxy) is 2.